The number of para-hydroxylation sites is 1. The van der Waals surface area contributed by atoms with Gasteiger partial charge >= 0.3 is 0 Å². The summed E-state index contributed by atoms with van der Waals surface area (Å²) in [4.78, 5) is 22.6. The van der Waals surface area contributed by atoms with Crippen LogP contribution in [0.25, 0.3) is 21.9 Å². The highest BCUT2D eigenvalue weighted by Gasteiger charge is 2.11. The van der Waals surface area contributed by atoms with E-state index in [2.05, 4.69) is 0 Å². The molecule has 0 aliphatic carbocycles. The van der Waals surface area contributed by atoms with Gasteiger partial charge in [-0.1, -0.05) is 18.2 Å². The van der Waals surface area contributed by atoms with Gasteiger partial charge in [-0.05, 0) is 24.3 Å². The molecule has 4 heteroatoms. The van der Waals surface area contributed by atoms with Gasteiger partial charge < -0.3 is 9.15 Å². The highest BCUT2D eigenvalue weighted by Crippen LogP contribution is 2.25. The van der Waals surface area contributed by atoms with Crippen LogP contribution in [0.15, 0.2) is 57.9 Å². The molecule has 0 saturated heterocycles. The van der Waals surface area contributed by atoms with E-state index in [0.29, 0.717) is 21.9 Å². The average Bonchev–Trinajstić information content (AvgIpc) is 2.45. The fourth-order valence-corrected chi connectivity index (χ4v) is 2.00. The zero-order valence-corrected chi connectivity index (χ0v) is 9.75. The van der Waals surface area contributed by atoms with Gasteiger partial charge in [0.1, 0.15) is 22.3 Å². The van der Waals surface area contributed by atoms with E-state index in [-0.39, 0.29) is 11.2 Å². The maximum absolute atomic E-state index is 12.4. The minimum Gasteiger partial charge on any atom is -0.456 e. The van der Waals surface area contributed by atoms with Crippen LogP contribution in [0.5, 0.6) is 5.75 Å². The van der Waals surface area contributed by atoms with Gasteiger partial charge in [-0.3, -0.25) is 4.79 Å². The molecule has 4 nitrogen and oxygen atoms in total. The summed E-state index contributed by atoms with van der Waals surface area (Å²) in [6.45, 7) is 0. The van der Waals surface area contributed by atoms with Crippen LogP contribution < -0.4 is 10.2 Å². The maximum atomic E-state index is 12.4. The van der Waals surface area contributed by atoms with Crippen molar-refractivity contribution in [1.29, 1.82) is 0 Å². The molecule has 3 rings (SSSR count). The summed E-state index contributed by atoms with van der Waals surface area (Å²) in [7, 11) is 0. The Labute approximate surface area is 107 Å². The molecule has 0 atom stereocenters. The van der Waals surface area contributed by atoms with Crippen molar-refractivity contribution >= 4 is 27.9 Å². The van der Waals surface area contributed by atoms with Crippen LogP contribution in [0.4, 0.5) is 0 Å². The largest absolute Gasteiger partial charge is 0.456 e. The van der Waals surface area contributed by atoms with Crippen molar-refractivity contribution < 1.29 is 13.9 Å². The second-order valence-electron chi connectivity index (χ2n) is 3.91. The first-order valence-electron chi connectivity index (χ1n) is 5.62. The Morgan fingerprint density at radius 1 is 1.05 bits per heavy atom. The molecule has 0 spiro atoms. The normalized spacial score (nSPS) is 10.3. The van der Waals surface area contributed by atoms with Crippen molar-refractivity contribution in [2.75, 3.05) is 0 Å². The molecule has 1 heterocycles. The van der Waals surface area contributed by atoms with E-state index in [0.717, 1.165) is 6.26 Å². The molecule has 0 aliphatic heterocycles. The van der Waals surface area contributed by atoms with Crippen molar-refractivity contribution in [1.82, 2.24) is 0 Å². The number of rotatable bonds is 2. The van der Waals surface area contributed by atoms with Crippen LogP contribution in [-0.2, 0) is 4.79 Å². The average molecular weight is 252 g/mol. The third-order valence-electron chi connectivity index (χ3n) is 2.80. The van der Waals surface area contributed by atoms with E-state index < -0.39 is 0 Å². The van der Waals surface area contributed by atoms with Gasteiger partial charge in [0.15, 0.2) is 12.2 Å². The Balaban J connectivity index is 2.45. The van der Waals surface area contributed by atoms with Crippen LogP contribution in [0.1, 0.15) is 0 Å². The zero-order valence-electron chi connectivity index (χ0n) is 9.75. The lowest BCUT2D eigenvalue weighted by Crippen LogP contribution is -2.03. The van der Waals surface area contributed by atoms with Gasteiger partial charge in [0.2, 0.25) is 5.43 Å². The fourth-order valence-electron chi connectivity index (χ4n) is 2.00. The second-order valence-corrected chi connectivity index (χ2v) is 3.91. The second kappa shape index (κ2) is 4.44. The van der Waals surface area contributed by atoms with E-state index >= 15 is 0 Å². The number of fused-ring (bicyclic) bond motifs is 2. The Kier molecular flexibility index (Phi) is 2.63. The molecule has 1 aromatic heterocycles. The summed E-state index contributed by atoms with van der Waals surface area (Å²) in [5.41, 5.74) is 0.746. The molecule has 0 saturated carbocycles. The van der Waals surface area contributed by atoms with E-state index in [1.165, 1.54) is 5.94 Å². The lowest BCUT2D eigenvalue weighted by Gasteiger charge is -2.04. The van der Waals surface area contributed by atoms with Crippen LogP contribution in [0, 0.1) is 0 Å². The summed E-state index contributed by atoms with van der Waals surface area (Å²) in [6.07, 6.45) is 0.864. The molecule has 0 amide bonds. The molecule has 92 valence electrons. The Hall–Kier alpha value is -2.84. The van der Waals surface area contributed by atoms with Gasteiger partial charge in [-0.2, -0.15) is 0 Å². The third-order valence-corrected chi connectivity index (χ3v) is 2.80. The first-order chi connectivity index (χ1) is 9.31. The van der Waals surface area contributed by atoms with Gasteiger partial charge in [-0.25, -0.2) is 4.79 Å². The molecule has 0 unspecified atom stereocenters. The lowest BCUT2D eigenvalue weighted by molar-refractivity contribution is 0.480. The third kappa shape index (κ3) is 1.80. The van der Waals surface area contributed by atoms with Gasteiger partial charge in [-0.15, -0.1) is 0 Å². The number of carbonyl (C=O) groups excluding carboxylic acids is 1. The number of ether oxygens (including phenoxy) is 1. The molecule has 0 radical (unpaired) electrons. The van der Waals surface area contributed by atoms with Crippen LogP contribution in [0.3, 0.4) is 0 Å². The molecule has 19 heavy (non-hydrogen) atoms. The predicted molar refractivity (Wildman–Crippen MR) is 70.9 cm³/mol. The Bertz CT molecular complexity index is 870. The molecule has 2 aromatic carbocycles. The monoisotopic (exact) mass is 252 g/mol. The van der Waals surface area contributed by atoms with E-state index in [1.807, 2.05) is 0 Å². The molecule has 3 aromatic rings. The Morgan fingerprint density at radius 2 is 1.84 bits per heavy atom. The quantitative estimate of drug-likeness (QED) is 0.399. The van der Waals surface area contributed by atoms with Crippen molar-refractivity contribution in [3.05, 3.63) is 58.9 Å². The summed E-state index contributed by atoms with van der Waals surface area (Å²) in [5.74, 6) is 1.79. The highest BCUT2D eigenvalue weighted by atomic mass is 16.5. The van der Waals surface area contributed by atoms with Crippen molar-refractivity contribution in [3.8, 4) is 5.75 Å². The molecular weight excluding hydrogens is 244 g/mol. The summed E-state index contributed by atoms with van der Waals surface area (Å²) in [6, 6.07) is 11.9. The zero-order chi connectivity index (χ0) is 13.2. The maximum Gasteiger partial charge on any atom is 0.204 e. The van der Waals surface area contributed by atoms with Gasteiger partial charge in [0.25, 0.3) is 0 Å². The molecule has 0 bridgehead atoms. The summed E-state index contributed by atoms with van der Waals surface area (Å²) < 4.78 is 10.7. The van der Waals surface area contributed by atoms with Gasteiger partial charge in [0, 0.05) is 0 Å². The minimum atomic E-state index is -0.188. The number of hydrogen-bond donors (Lipinski definition) is 0. The molecular formula is C15H8O4. The first-order valence-corrected chi connectivity index (χ1v) is 5.62. The Morgan fingerprint density at radius 3 is 2.68 bits per heavy atom. The summed E-state index contributed by atoms with van der Waals surface area (Å²) in [5, 5.41) is 0.786. The number of hydrogen-bond acceptors (Lipinski definition) is 4. The lowest BCUT2D eigenvalue weighted by atomic mass is 10.1. The SMILES string of the molecule is O=C=COc1cccc2oc3ccccc3c(=O)c12. The van der Waals surface area contributed by atoms with Crippen LogP contribution >= 0.6 is 0 Å². The molecule has 0 N–H and O–H groups in total. The van der Waals surface area contributed by atoms with Crippen molar-refractivity contribution in [3.63, 3.8) is 0 Å². The smallest absolute Gasteiger partial charge is 0.204 e. The van der Waals surface area contributed by atoms with E-state index in [4.69, 9.17) is 9.15 Å². The van der Waals surface area contributed by atoms with E-state index in [1.54, 1.807) is 42.5 Å². The highest BCUT2D eigenvalue weighted by molar-refractivity contribution is 5.93. The van der Waals surface area contributed by atoms with Gasteiger partial charge in [0.05, 0.1) is 5.39 Å². The number of benzene rings is 2. The summed E-state index contributed by atoms with van der Waals surface area (Å²) >= 11 is 0. The van der Waals surface area contributed by atoms with E-state index in [9.17, 15) is 9.59 Å². The fraction of sp³-hybridized carbons (Fsp3) is 0. The van der Waals surface area contributed by atoms with Crippen LogP contribution in [0.2, 0.25) is 0 Å². The topological polar surface area (TPSA) is 56.5 Å². The standard InChI is InChI=1S/C15H8O4/c16-8-9-18-12-6-3-7-13-14(12)15(17)10-4-1-2-5-11(10)19-13/h1-7,9H. The first kappa shape index (κ1) is 11.3. The predicted octanol–water partition coefficient (Wildman–Crippen LogP) is 2.67. The van der Waals surface area contributed by atoms with Crippen molar-refractivity contribution in [2.45, 2.75) is 0 Å². The van der Waals surface area contributed by atoms with Crippen molar-refractivity contribution in [2.24, 2.45) is 0 Å². The minimum absolute atomic E-state index is 0.188. The molecule has 0 fully saturated rings. The molecule has 0 aliphatic rings. The van der Waals surface area contributed by atoms with Crippen LogP contribution in [-0.4, -0.2) is 5.94 Å².